The highest BCUT2D eigenvalue weighted by Crippen LogP contribution is 2.15. The summed E-state index contributed by atoms with van der Waals surface area (Å²) in [5, 5.41) is 17.7. The first-order valence-corrected chi connectivity index (χ1v) is 6.44. The van der Waals surface area contributed by atoms with Crippen LogP contribution in [0.25, 0.3) is 0 Å². The predicted molar refractivity (Wildman–Crippen MR) is 67.9 cm³/mol. The van der Waals surface area contributed by atoms with Gasteiger partial charge in [-0.25, -0.2) is 0 Å². The fraction of sp³-hybridized carbons (Fsp3) is 0.833. The first-order valence-electron chi connectivity index (χ1n) is 6.44. The van der Waals surface area contributed by atoms with Crippen molar-refractivity contribution < 1.29 is 14.7 Å². The lowest BCUT2D eigenvalue weighted by Crippen LogP contribution is -2.44. The SMILES string of the molecule is CC(C)NCC(=O)N[C@H](CO)C[C@@H]1CCNC1=O. The Bertz CT molecular complexity index is 294. The molecule has 6 nitrogen and oxygen atoms in total. The number of amides is 2. The van der Waals surface area contributed by atoms with E-state index in [1.807, 2.05) is 13.8 Å². The summed E-state index contributed by atoms with van der Waals surface area (Å²) >= 11 is 0. The van der Waals surface area contributed by atoms with Crippen molar-refractivity contribution in [1.82, 2.24) is 16.0 Å². The highest BCUT2D eigenvalue weighted by molar-refractivity contribution is 5.81. The van der Waals surface area contributed by atoms with E-state index in [-0.39, 0.29) is 43.0 Å². The van der Waals surface area contributed by atoms with Crippen LogP contribution in [0.3, 0.4) is 0 Å². The minimum Gasteiger partial charge on any atom is -0.394 e. The molecular formula is C12H23N3O3. The van der Waals surface area contributed by atoms with Gasteiger partial charge in [-0.05, 0) is 12.8 Å². The molecule has 1 fully saturated rings. The summed E-state index contributed by atoms with van der Waals surface area (Å²) < 4.78 is 0. The van der Waals surface area contributed by atoms with E-state index in [2.05, 4.69) is 16.0 Å². The lowest BCUT2D eigenvalue weighted by Gasteiger charge is -2.19. The minimum atomic E-state index is -0.347. The topological polar surface area (TPSA) is 90.5 Å². The minimum absolute atomic E-state index is 0.0167. The summed E-state index contributed by atoms with van der Waals surface area (Å²) in [6, 6.07) is -0.107. The average Bonchev–Trinajstić information content (AvgIpc) is 2.71. The zero-order chi connectivity index (χ0) is 13.5. The second kappa shape index (κ2) is 7.33. The molecule has 0 spiro atoms. The van der Waals surface area contributed by atoms with E-state index in [1.54, 1.807) is 0 Å². The maximum Gasteiger partial charge on any atom is 0.234 e. The number of aliphatic hydroxyl groups is 1. The van der Waals surface area contributed by atoms with Gasteiger partial charge in [-0.2, -0.15) is 0 Å². The second-order valence-corrected chi connectivity index (χ2v) is 4.99. The van der Waals surface area contributed by atoms with Crippen LogP contribution in [0.15, 0.2) is 0 Å². The molecule has 0 aromatic rings. The second-order valence-electron chi connectivity index (χ2n) is 4.99. The van der Waals surface area contributed by atoms with Crippen molar-refractivity contribution in [2.24, 2.45) is 5.92 Å². The van der Waals surface area contributed by atoms with Crippen molar-refractivity contribution in [2.45, 2.75) is 38.8 Å². The molecule has 1 heterocycles. The zero-order valence-corrected chi connectivity index (χ0v) is 11.0. The number of aliphatic hydroxyl groups excluding tert-OH is 1. The lowest BCUT2D eigenvalue weighted by molar-refractivity contribution is -0.124. The Labute approximate surface area is 108 Å². The molecule has 0 unspecified atom stereocenters. The molecule has 0 bridgehead atoms. The zero-order valence-electron chi connectivity index (χ0n) is 11.0. The molecule has 4 N–H and O–H groups in total. The van der Waals surface area contributed by atoms with Crippen LogP contribution in [0.2, 0.25) is 0 Å². The highest BCUT2D eigenvalue weighted by Gasteiger charge is 2.27. The maximum absolute atomic E-state index is 11.6. The quantitative estimate of drug-likeness (QED) is 0.470. The van der Waals surface area contributed by atoms with Crippen LogP contribution in [-0.4, -0.2) is 48.7 Å². The fourth-order valence-corrected chi connectivity index (χ4v) is 1.97. The molecule has 6 heteroatoms. The van der Waals surface area contributed by atoms with Gasteiger partial charge in [0.05, 0.1) is 19.2 Å². The number of nitrogens with one attached hydrogen (secondary N) is 3. The summed E-state index contributed by atoms with van der Waals surface area (Å²) in [6.45, 7) is 4.69. The van der Waals surface area contributed by atoms with E-state index in [9.17, 15) is 14.7 Å². The fourth-order valence-electron chi connectivity index (χ4n) is 1.97. The Morgan fingerprint density at radius 1 is 1.56 bits per heavy atom. The third-order valence-electron chi connectivity index (χ3n) is 2.99. The van der Waals surface area contributed by atoms with Crippen molar-refractivity contribution in [3.8, 4) is 0 Å². The van der Waals surface area contributed by atoms with Gasteiger partial charge in [-0.3, -0.25) is 9.59 Å². The first-order chi connectivity index (χ1) is 8.52. The largest absolute Gasteiger partial charge is 0.394 e. The van der Waals surface area contributed by atoms with E-state index in [0.29, 0.717) is 13.0 Å². The van der Waals surface area contributed by atoms with Gasteiger partial charge in [-0.1, -0.05) is 13.8 Å². The Hall–Kier alpha value is -1.14. The molecule has 0 aromatic heterocycles. The number of carbonyl (C=O) groups excluding carboxylic acids is 2. The van der Waals surface area contributed by atoms with Gasteiger partial charge in [0.1, 0.15) is 0 Å². The smallest absolute Gasteiger partial charge is 0.234 e. The van der Waals surface area contributed by atoms with Crippen LogP contribution in [0.5, 0.6) is 0 Å². The first kappa shape index (κ1) is 14.9. The molecule has 1 aliphatic rings. The molecule has 1 saturated heterocycles. The van der Waals surface area contributed by atoms with E-state index in [1.165, 1.54) is 0 Å². The molecule has 0 aliphatic carbocycles. The molecular weight excluding hydrogens is 234 g/mol. The Morgan fingerprint density at radius 2 is 2.28 bits per heavy atom. The lowest BCUT2D eigenvalue weighted by atomic mass is 9.99. The van der Waals surface area contributed by atoms with Crippen LogP contribution in [-0.2, 0) is 9.59 Å². The Morgan fingerprint density at radius 3 is 2.78 bits per heavy atom. The van der Waals surface area contributed by atoms with Crippen molar-refractivity contribution in [1.29, 1.82) is 0 Å². The molecule has 1 aliphatic heterocycles. The van der Waals surface area contributed by atoms with Crippen molar-refractivity contribution in [2.75, 3.05) is 19.7 Å². The van der Waals surface area contributed by atoms with Gasteiger partial charge in [0.25, 0.3) is 0 Å². The van der Waals surface area contributed by atoms with Gasteiger partial charge >= 0.3 is 0 Å². The summed E-state index contributed by atoms with van der Waals surface area (Å²) in [5.74, 6) is -0.232. The molecule has 18 heavy (non-hydrogen) atoms. The standard InChI is InChI=1S/C12H23N3O3/c1-8(2)14-6-11(17)15-10(7-16)5-9-3-4-13-12(9)18/h8-10,14,16H,3-7H2,1-2H3,(H,13,18)(H,15,17)/t9-,10-/m0/s1. The maximum atomic E-state index is 11.6. The Kier molecular flexibility index (Phi) is 6.07. The van der Waals surface area contributed by atoms with Gasteiger partial charge in [0.15, 0.2) is 0 Å². The van der Waals surface area contributed by atoms with Crippen molar-refractivity contribution in [3.05, 3.63) is 0 Å². The molecule has 1 rings (SSSR count). The third-order valence-corrected chi connectivity index (χ3v) is 2.99. The highest BCUT2D eigenvalue weighted by atomic mass is 16.3. The van der Waals surface area contributed by atoms with Crippen LogP contribution >= 0.6 is 0 Å². The Balaban J connectivity index is 2.32. The number of hydrogen-bond acceptors (Lipinski definition) is 4. The molecule has 0 saturated carbocycles. The van der Waals surface area contributed by atoms with E-state index < -0.39 is 0 Å². The number of carbonyl (C=O) groups is 2. The van der Waals surface area contributed by atoms with Crippen LogP contribution in [0.1, 0.15) is 26.7 Å². The van der Waals surface area contributed by atoms with Gasteiger partial charge in [0.2, 0.25) is 11.8 Å². The van der Waals surface area contributed by atoms with Crippen LogP contribution in [0, 0.1) is 5.92 Å². The number of rotatable bonds is 7. The molecule has 0 radical (unpaired) electrons. The van der Waals surface area contributed by atoms with Crippen LogP contribution in [0.4, 0.5) is 0 Å². The average molecular weight is 257 g/mol. The summed E-state index contributed by atoms with van der Waals surface area (Å²) in [6.07, 6.45) is 1.27. The molecule has 104 valence electrons. The summed E-state index contributed by atoms with van der Waals surface area (Å²) in [4.78, 5) is 23.0. The number of hydrogen-bond donors (Lipinski definition) is 4. The van der Waals surface area contributed by atoms with Crippen molar-refractivity contribution >= 4 is 11.8 Å². The predicted octanol–water partition coefficient (Wildman–Crippen LogP) is -1.01. The van der Waals surface area contributed by atoms with Crippen LogP contribution < -0.4 is 16.0 Å². The normalized spacial score (nSPS) is 20.9. The van der Waals surface area contributed by atoms with Gasteiger partial charge in [0, 0.05) is 18.5 Å². The summed E-state index contributed by atoms with van der Waals surface area (Å²) in [5.41, 5.74) is 0. The summed E-state index contributed by atoms with van der Waals surface area (Å²) in [7, 11) is 0. The monoisotopic (exact) mass is 257 g/mol. The molecule has 2 amide bonds. The molecule has 2 atom stereocenters. The van der Waals surface area contributed by atoms with E-state index >= 15 is 0 Å². The van der Waals surface area contributed by atoms with E-state index in [4.69, 9.17) is 0 Å². The molecule has 0 aromatic carbocycles. The van der Waals surface area contributed by atoms with Gasteiger partial charge in [-0.15, -0.1) is 0 Å². The van der Waals surface area contributed by atoms with Crippen molar-refractivity contribution in [3.63, 3.8) is 0 Å². The van der Waals surface area contributed by atoms with E-state index in [0.717, 1.165) is 6.42 Å². The van der Waals surface area contributed by atoms with Gasteiger partial charge < -0.3 is 21.1 Å². The third kappa shape index (κ3) is 5.01.